The van der Waals surface area contributed by atoms with Gasteiger partial charge in [-0.3, -0.25) is 4.79 Å². The van der Waals surface area contributed by atoms with Crippen molar-refractivity contribution in [3.63, 3.8) is 0 Å². The van der Waals surface area contributed by atoms with Crippen LogP contribution in [0.5, 0.6) is 0 Å². The van der Waals surface area contributed by atoms with E-state index in [4.69, 9.17) is 0 Å². The van der Waals surface area contributed by atoms with Gasteiger partial charge in [0.05, 0.1) is 0 Å². The summed E-state index contributed by atoms with van der Waals surface area (Å²) >= 11 is 0. The number of aryl methyl sites for hydroxylation is 1. The molecule has 0 unspecified atom stereocenters. The number of benzene rings is 1. The van der Waals surface area contributed by atoms with Crippen LogP contribution in [0.15, 0.2) is 24.3 Å². The number of fused-ring (bicyclic) bond motifs is 1. The van der Waals surface area contributed by atoms with Gasteiger partial charge in [0.1, 0.15) is 5.69 Å². The normalized spacial score (nSPS) is 11.1. The van der Waals surface area contributed by atoms with E-state index in [9.17, 15) is 4.79 Å². The fourth-order valence-electron chi connectivity index (χ4n) is 1.92. The summed E-state index contributed by atoms with van der Waals surface area (Å²) in [5.41, 5.74) is 2.81. The number of nitrogens with one attached hydrogen (secondary N) is 2. The van der Waals surface area contributed by atoms with Crippen molar-refractivity contribution in [3.8, 4) is 0 Å². The minimum Gasteiger partial charge on any atom is -0.351 e. The lowest BCUT2D eigenvalue weighted by Crippen LogP contribution is -2.31. The van der Waals surface area contributed by atoms with Gasteiger partial charge in [-0.1, -0.05) is 12.1 Å². The molecule has 4 nitrogen and oxygen atoms in total. The first kappa shape index (κ1) is 12.6. The van der Waals surface area contributed by atoms with Gasteiger partial charge in [-0.15, -0.1) is 0 Å². The molecule has 4 heteroatoms. The molecule has 0 spiro atoms. The van der Waals surface area contributed by atoms with Gasteiger partial charge >= 0.3 is 0 Å². The summed E-state index contributed by atoms with van der Waals surface area (Å²) in [6.07, 6.45) is 0. The van der Waals surface area contributed by atoms with Crippen LogP contribution in [0.2, 0.25) is 0 Å². The SMILES string of the molecule is Cc1cccc2[nH]c(C(=O)NCCN(C)C)cc12. The Morgan fingerprint density at radius 3 is 2.83 bits per heavy atom. The molecule has 2 aromatic rings. The van der Waals surface area contributed by atoms with Crippen molar-refractivity contribution < 1.29 is 4.79 Å². The number of nitrogens with zero attached hydrogens (tertiary/aromatic N) is 1. The predicted molar refractivity (Wildman–Crippen MR) is 73.9 cm³/mol. The first-order valence-electron chi connectivity index (χ1n) is 6.09. The first-order chi connectivity index (χ1) is 8.58. The Labute approximate surface area is 107 Å². The Morgan fingerprint density at radius 1 is 1.39 bits per heavy atom. The second-order valence-electron chi connectivity index (χ2n) is 4.78. The van der Waals surface area contributed by atoms with Gasteiger partial charge in [0.2, 0.25) is 0 Å². The van der Waals surface area contributed by atoms with E-state index in [-0.39, 0.29) is 5.91 Å². The highest BCUT2D eigenvalue weighted by Crippen LogP contribution is 2.18. The molecule has 96 valence electrons. The summed E-state index contributed by atoms with van der Waals surface area (Å²) in [6, 6.07) is 7.93. The number of likely N-dealkylation sites (N-methyl/N-ethyl adjacent to an activating group) is 1. The first-order valence-corrected chi connectivity index (χ1v) is 6.09. The Morgan fingerprint density at radius 2 is 2.17 bits per heavy atom. The predicted octanol–water partition coefficient (Wildman–Crippen LogP) is 1.77. The molecule has 0 atom stereocenters. The van der Waals surface area contributed by atoms with Crippen LogP contribution in [0, 0.1) is 6.92 Å². The minimum absolute atomic E-state index is 0.0487. The molecule has 0 saturated heterocycles. The van der Waals surface area contributed by atoms with E-state index < -0.39 is 0 Å². The van der Waals surface area contributed by atoms with Crippen molar-refractivity contribution >= 4 is 16.8 Å². The van der Waals surface area contributed by atoms with Crippen LogP contribution in [-0.2, 0) is 0 Å². The Hall–Kier alpha value is -1.81. The average molecular weight is 245 g/mol. The van der Waals surface area contributed by atoms with Crippen LogP contribution in [0.3, 0.4) is 0 Å². The molecular weight excluding hydrogens is 226 g/mol. The zero-order valence-electron chi connectivity index (χ0n) is 11.1. The van der Waals surface area contributed by atoms with Crippen LogP contribution in [0.25, 0.3) is 10.9 Å². The Balaban J connectivity index is 2.11. The Bertz CT molecular complexity index is 557. The number of rotatable bonds is 4. The van der Waals surface area contributed by atoms with Crippen LogP contribution >= 0.6 is 0 Å². The molecule has 0 aliphatic heterocycles. The lowest BCUT2D eigenvalue weighted by atomic mass is 10.1. The molecule has 0 bridgehead atoms. The monoisotopic (exact) mass is 245 g/mol. The minimum atomic E-state index is -0.0487. The van der Waals surface area contributed by atoms with E-state index in [0.717, 1.165) is 17.4 Å². The second kappa shape index (κ2) is 5.23. The van der Waals surface area contributed by atoms with Crippen molar-refractivity contribution in [2.45, 2.75) is 6.92 Å². The van der Waals surface area contributed by atoms with Crippen LogP contribution < -0.4 is 5.32 Å². The summed E-state index contributed by atoms with van der Waals surface area (Å²) in [7, 11) is 3.97. The number of H-pyrrole nitrogens is 1. The number of aromatic nitrogens is 1. The third-order valence-corrected chi connectivity index (χ3v) is 2.97. The van der Waals surface area contributed by atoms with E-state index in [1.54, 1.807) is 0 Å². The van der Waals surface area contributed by atoms with Crippen molar-refractivity contribution in [2.24, 2.45) is 0 Å². The maximum absolute atomic E-state index is 11.9. The van der Waals surface area contributed by atoms with Gasteiger partial charge in [-0.05, 0) is 38.7 Å². The molecule has 0 radical (unpaired) electrons. The lowest BCUT2D eigenvalue weighted by molar-refractivity contribution is 0.0947. The summed E-state index contributed by atoms with van der Waals surface area (Å²) in [6.45, 7) is 3.54. The van der Waals surface area contributed by atoms with Crippen LogP contribution in [0.1, 0.15) is 16.1 Å². The van der Waals surface area contributed by atoms with Gasteiger partial charge in [0, 0.05) is 24.0 Å². The van der Waals surface area contributed by atoms with Gasteiger partial charge in [-0.2, -0.15) is 0 Å². The average Bonchev–Trinajstić information content (AvgIpc) is 2.74. The zero-order chi connectivity index (χ0) is 13.1. The number of carbonyl (C=O) groups excluding carboxylic acids is 1. The standard InChI is InChI=1S/C14H19N3O/c1-10-5-4-6-12-11(10)9-13(16-12)14(18)15-7-8-17(2)3/h4-6,9,16H,7-8H2,1-3H3,(H,15,18). The molecule has 0 aliphatic rings. The number of carbonyl (C=O) groups is 1. The molecule has 2 N–H and O–H groups in total. The highest BCUT2D eigenvalue weighted by atomic mass is 16.1. The fraction of sp³-hybridized carbons (Fsp3) is 0.357. The van der Waals surface area contributed by atoms with Crippen LogP contribution in [0.4, 0.5) is 0 Å². The number of amides is 1. The van der Waals surface area contributed by atoms with Crippen molar-refractivity contribution in [1.82, 2.24) is 15.2 Å². The number of hydrogen-bond donors (Lipinski definition) is 2. The fourth-order valence-corrected chi connectivity index (χ4v) is 1.92. The maximum atomic E-state index is 11.9. The summed E-state index contributed by atoms with van der Waals surface area (Å²) in [5, 5.41) is 4.01. The van der Waals surface area contributed by atoms with Crippen molar-refractivity contribution in [2.75, 3.05) is 27.2 Å². The van der Waals surface area contributed by atoms with E-state index >= 15 is 0 Å². The Kier molecular flexibility index (Phi) is 3.67. The van der Waals surface area contributed by atoms with E-state index in [2.05, 4.69) is 10.3 Å². The molecule has 0 fully saturated rings. The highest BCUT2D eigenvalue weighted by Gasteiger charge is 2.09. The third-order valence-electron chi connectivity index (χ3n) is 2.97. The molecular formula is C14H19N3O. The van der Waals surface area contributed by atoms with Gasteiger partial charge in [-0.25, -0.2) is 0 Å². The molecule has 2 rings (SSSR count). The van der Waals surface area contributed by atoms with Crippen molar-refractivity contribution in [1.29, 1.82) is 0 Å². The molecule has 18 heavy (non-hydrogen) atoms. The van der Waals surface area contributed by atoms with Crippen molar-refractivity contribution in [3.05, 3.63) is 35.5 Å². The molecule has 1 aromatic carbocycles. The maximum Gasteiger partial charge on any atom is 0.267 e. The van der Waals surface area contributed by atoms with Gasteiger partial charge in [0.25, 0.3) is 5.91 Å². The van der Waals surface area contributed by atoms with E-state index in [1.807, 2.05) is 50.2 Å². The quantitative estimate of drug-likeness (QED) is 0.862. The highest BCUT2D eigenvalue weighted by molar-refractivity contribution is 5.98. The van der Waals surface area contributed by atoms with E-state index in [1.165, 1.54) is 5.56 Å². The topological polar surface area (TPSA) is 48.1 Å². The summed E-state index contributed by atoms with van der Waals surface area (Å²) in [5.74, 6) is -0.0487. The number of aromatic amines is 1. The number of hydrogen-bond acceptors (Lipinski definition) is 2. The van der Waals surface area contributed by atoms with E-state index in [0.29, 0.717) is 12.2 Å². The summed E-state index contributed by atoms with van der Waals surface area (Å²) in [4.78, 5) is 17.1. The zero-order valence-corrected chi connectivity index (χ0v) is 11.1. The summed E-state index contributed by atoms with van der Waals surface area (Å²) < 4.78 is 0. The molecule has 0 saturated carbocycles. The molecule has 0 aliphatic carbocycles. The largest absolute Gasteiger partial charge is 0.351 e. The smallest absolute Gasteiger partial charge is 0.267 e. The lowest BCUT2D eigenvalue weighted by Gasteiger charge is -2.09. The molecule has 1 aromatic heterocycles. The second-order valence-corrected chi connectivity index (χ2v) is 4.78. The van der Waals surface area contributed by atoms with Gasteiger partial charge in [0.15, 0.2) is 0 Å². The van der Waals surface area contributed by atoms with Gasteiger partial charge < -0.3 is 15.2 Å². The molecule has 1 amide bonds. The third kappa shape index (κ3) is 2.71. The molecule has 1 heterocycles. The van der Waals surface area contributed by atoms with Crippen LogP contribution in [-0.4, -0.2) is 43.0 Å².